The maximum atomic E-state index is 12.8. The van der Waals surface area contributed by atoms with Crippen LogP contribution < -0.4 is 4.90 Å². The number of fused-ring (bicyclic) bond motifs is 1. The molecule has 2 aromatic rings. The highest BCUT2D eigenvalue weighted by atomic mass is 16.2. The molecule has 1 N–H and O–H groups in total. The molecule has 0 atom stereocenters. The Balaban J connectivity index is 1.52. The molecule has 2 fully saturated rings. The normalized spacial score (nSPS) is 20.3. The van der Waals surface area contributed by atoms with Crippen LogP contribution in [0.15, 0.2) is 24.5 Å². The molecule has 1 saturated carbocycles. The van der Waals surface area contributed by atoms with Crippen LogP contribution in [-0.4, -0.2) is 53.1 Å². The smallest absolute Gasteiger partial charge is 0.254 e. The van der Waals surface area contributed by atoms with Crippen LogP contribution in [0.1, 0.15) is 55.4 Å². The first-order chi connectivity index (χ1) is 12.3. The van der Waals surface area contributed by atoms with Crippen molar-refractivity contribution in [2.24, 2.45) is 0 Å². The Hall–Kier alpha value is -1.88. The third kappa shape index (κ3) is 3.30. The summed E-state index contributed by atoms with van der Waals surface area (Å²) in [6, 6.07) is 6.64. The largest absolute Gasteiger partial charge is 0.332 e. The predicted octanol–water partition coefficient (Wildman–Crippen LogP) is 1.90. The van der Waals surface area contributed by atoms with Gasteiger partial charge >= 0.3 is 0 Å². The van der Waals surface area contributed by atoms with E-state index in [0.29, 0.717) is 6.04 Å². The minimum atomic E-state index is 0.157. The van der Waals surface area contributed by atoms with Gasteiger partial charge in [-0.25, -0.2) is 4.98 Å². The summed E-state index contributed by atoms with van der Waals surface area (Å²) in [6.45, 7) is 7.19. The van der Waals surface area contributed by atoms with Crippen molar-refractivity contribution in [2.45, 2.75) is 45.1 Å². The van der Waals surface area contributed by atoms with E-state index < -0.39 is 0 Å². The van der Waals surface area contributed by atoms with Crippen molar-refractivity contribution in [3.05, 3.63) is 30.1 Å². The average molecular weight is 341 g/mol. The molecule has 0 spiro atoms. The van der Waals surface area contributed by atoms with Crippen molar-refractivity contribution in [1.29, 1.82) is 0 Å². The molecule has 25 heavy (non-hydrogen) atoms. The van der Waals surface area contributed by atoms with Gasteiger partial charge in [-0.2, -0.15) is 0 Å². The summed E-state index contributed by atoms with van der Waals surface area (Å²) in [5, 5.41) is 0. The molecule has 2 aliphatic rings. The highest BCUT2D eigenvalue weighted by Gasteiger charge is 2.24. The Bertz CT molecular complexity index is 739. The van der Waals surface area contributed by atoms with Gasteiger partial charge in [0.15, 0.2) is 0 Å². The second-order valence-electron chi connectivity index (χ2n) is 7.54. The Morgan fingerprint density at radius 3 is 2.68 bits per heavy atom. The van der Waals surface area contributed by atoms with Crippen LogP contribution in [0.4, 0.5) is 0 Å². The van der Waals surface area contributed by atoms with Gasteiger partial charge in [0.05, 0.1) is 50.1 Å². The third-order valence-electron chi connectivity index (χ3n) is 6.05. The van der Waals surface area contributed by atoms with Crippen LogP contribution in [0.3, 0.4) is 0 Å². The third-order valence-corrected chi connectivity index (χ3v) is 6.05. The number of benzene rings is 1. The Morgan fingerprint density at radius 1 is 1.20 bits per heavy atom. The fraction of sp³-hybridized carbons (Fsp3) is 0.600. The molecule has 134 valence electrons. The lowest BCUT2D eigenvalue weighted by Crippen LogP contribution is -3.14. The molecule has 1 aliphatic carbocycles. The van der Waals surface area contributed by atoms with Gasteiger partial charge in [0, 0.05) is 11.6 Å². The molecule has 2 heterocycles. The molecule has 1 amide bonds. The van der Waals surface area contributed by atoms with Gasteiger partial charge in [-0.05, 0) is 38.0 Å². The van der Waals surface area contributed by atoms with Crippen LogP contribution in [0.25, 0.3) is 11.0 Å². The summed E-state index contributed by atoms with van der Waals surface area (Å²) in [5.41, 5.74) is 2.90. The number of aromatic nitrogens is 2. The monoisotopic (exact) mass is 341 g/mol. The Labute approximate surface area is 149 Å². The van der Waals surface area contributed by atoms with Crippen molar-refractivity contribution < 1.29 is 9.69 Å². The topological polar surface area (TPSA) is 42.6 Å². The van der Waals surface area contributed by atoms with E-state index in [1.807, 2.05) is 23.4 Å². The minimum Gasteiger partial charge on any atom is -0.332 e. The number of rotatable bonds is 3. The molecule has 5 nitrogen and oxygen atoms in total. The lowest BCUT2D eigenvalue weighted by atomic mass is 9.95. The zero-order valence-corrected chi connectivity index (χ0v) is 15.2. The number of nitrogens with one attached hydrogen (secondary N) is 1. The van der Waals surface area contributed by atoms with E-state index in [2.05, 4.69) is 22.5 Å². The van der Waals surface area contributed by atoms with Crippen molar-refractivity contribution in [3.63, 3.8) is 0 Å². The van der Waals surface area contributed by atoms with Crippen molar-refractivity contribution in [1.82, 2.24) is 14.5 Å². The van der Waals surface area contributed by atoms with Crippen LogP contribution in [0.2, 0.25) is 0 Å². The summed E-state index contributed by atoms with van der Waals surface area (Å²) >= 11 is 0. The number of hydrogen-bond acceptors (Lipinski definition) is 2. The first-order valence-electron chi connectivity index (χ1n) is 9.85. The standard InChI is InChI=1S/C20H28N4O/c1-2-22-10-12-23(13-11-22)20(25)16-8-9-19-18(14-16)21-15-24(19)17-6-4-3-5-7-17/h8-9,14-15,17H,2-7,10-13H2,1H3/p+1. The van der Waals surface area contributed by atoms with Crippen LogP contribution in [0, 0.1) is 0 Å². The molecular weight excluding hydrogens is 312 g/mol. The number of amides is 1. The SMILES string of the molecule is CC[NH+]1CCN(C(=O)c2ccc3c(c2)ncn3C2CCCCC2)CC1. The van der Waals surface area contributed by atoms with E-state index in [-0.39, 0.29) is 5.91 Å². The van der Waals surface area contributed by atoms with Crippen molar-refractivity contribution >= 4 is 16.9 Å². The second-order valence-corrected chi connectivity index (χ2v) is 7.54. The zero-order chi connectivity index (χ0) is 17.2. The molecule has 1 aliphatic heterocycles. The van der Waals surface area contributed by atoms with Gasteiger partial charge in [0.25, 0.3) is 5.91 Å². The van der Waals surface area contributed by atoms with Gasteiger partial charge in [0.2, 0.25) is 0 Å². The first kappa shape index (κ1) is 16.6. The van der Waals surface area contributed by atoms with Gasteiger partial charge in [0.1, 0.15) is 0 Å². The Kier molecular flexibility index (Phi) is 4.75. The van der Waals surface area contributed by atoms with E-state index in [0.717, 1.165) is 43.8 Å². The Morgan fingerprint density at radius 2 is 1.96 bits per heavy atom. The summed E-state index contributed by atoms with van der Waals surface area (Å²) in [7, 11) is 0. The molecule has 0 radical (unpaired) electrons. The van der Waals surface area contributed by atoms with E-state index in [1.54, 1.807) is 4.90 Å². The number of imidazole rings is 1. The number of piperazine rings is 1. The molecule has 5 heteroatoms. The summed E-state index contributed by atoms with van der Waals surface area (Å²) in [5.74, 6) is 0.157. The van der Waals surface area contributed by atoms with E-state index in [1.165, 1.54) is 37.6 Å². The van der Waals surface area contributed by atoms with Gasteiger partial charge in [-0.1, -0.05) is 19.3 Å². The number of carbonyl (C=O) groups excluding carboxylic acids is 1. The van der Waals surface area contributed by atoms with E-state index in [9.17, 15) is 4.79 Å². The van der Waals surface area contributed by atoms with E-state index >= 15 is 0 Å². The highest BCUT2D eigenvalue weighted by molar-refractivity contribution is 5.97. The van der Waals surface area contributed by atoms with E-state index in [4.69, 9.17) is 0 Å². The fourth-order valence-corrected chi connectivity index (χ4v) is 4.38. The number of hydrogen-bond donors (Lipinski definition) is 1. The fourth-order valence-electron chi connectivity index (χ4n) is 4.38. The maximum absolute atomic E-state index is 12.8. The lowest BCUT2D eigenvalue weighted by Gasteiger charge is -2.31. The van der Waals surface area contributed by atoms with Crippen LogP contribution in [0.5, 0.6) is 0 Å². The first-order valence-corrected chi connectivity index (χ1v) is 9.85. The number of quaternary nitrogens is 1. The second kappa shape index (κ2) is 7.16. The highest BCUT2D eigenvalue weighted by Crippen LogP contribution is 2.31. The summed E-state index contributed by atoms with van der Waals surface area (Å²) < 4.78 is 2.33. The lowest BCUT2D eigenvalue weighted by molar-refractivity contribution is -0.902. The van der Waals surface area contributed by atoms with Gasteiger partial charge in [-0.3, -0.25) is 4.79 Å². The van der Waals surface area contributed by atoms with Crippen LogP contribution in [-0.2, 0) is 0 Å². The predicted molar refractivity (Wildman–Crippen MR) is 99.0 cm³/mol. The van der Waals surface area contributed by atoms with Gasteiger partial charge < -0.3 is 14.4 Å². The number of nitrogens with zero attached hydrogens (tertiary/aromatic N) is 3. The van der Waals surface area contributed by atoms with Crippen molar-refractivity contribution in [3.8, 4) is 0 Å². The molecule has 4 rings (SSSR count). The number of likely N-dealkylation sites (N-methyl/N-ethyl adjacent to an activating group) is 1. The molecule has 0 bridgehead atoms. The molecule has 1 aromatic heterocycles. The summed E-state index contributed by atoms with van der Waals surface area (Å²) in [6.07, 6.45) is 8.44. The maximum Gasteiger partial charge on any atom is 0.254 e. The quantitative estimate of drug-likeness (QED) is 0.927. The molecule has 1 saturated heterocycles. The molecule has 1 aromatic carbocycles. The minimum absolute atomic E-state index is 0.157. The zero-order valence-electron chi connectivity index (χ0n) is 15.2. The van der Waals surface area contributed by atoms with Crippen molar-refractivity contribution in [2.75, 3.05) is 32.7 Å². The average Bonchev–Trinajstić information content (AvgIpc) is 3.11. The molecule has 0 unspecified atom stereocenters. The molecular formula is C20H29N4O+. The van der Waals surface area contributed by atoms with Crippen LogP contribution >= 0.6 is 0 Å². The van der Waals surface area contributed by atoms with Gasteiger partial charge in [-0.15, -0.1) is 0 Å². The number of carbonyl (C=O) groups is 1. The summed E-state index contributed by atoms with van der Waals surface area (Å²) in [4.78, 5) is 21.0.